The molecule has 2 amide bonds. The molecule has 1 N–H and O–H groups in total. The van der Waals surface area contributed by atoms with Gasteiger partial charge in [0.05, 0.1) is 6.04 Å². The fraction of sp³-hybridized carbons (Fsp3) is 0.391. The van der Waals surface area contributed by atoms with Crippen LogP contribution in [0.25, 0.3) is 0 Å². The second-order valence-electron chi connectivity index (χ2n) is 7.84. The maximum absolute atomic E-state index is 12.6. The fourth-order valence-corrected chi connectivity index (χ4v) is 3.70. The Kier molecular flexibility index (Phi) is 6.40. The predicted octanol–water partition coefficient (Wildman–Crippen LogP) is 5.16. The van der Waals surface area contributed by atoms with Crippen LogP contribution in [0.15, 0.2) is 42.5 Å². The molecule has 0 saturated heterocycles. The van der Waals surface area contributed by atoms with Crippen molar-refractivity contribution in [2.45, 2.75) is 46.1 Å². The van der Waals surface area contributed by atoms with Crippen molar-refractivity contribution in [1.82, 2.24) is 5.32 Å². The minimum absolute atomic E-state index is 0.129. The van der Waals surface area contributed by atoms with Crippen molar-refractivity contribution in [1.29, 1.82) is 0 Å². The molecule has 1 aliphatic rings. The summed E-state index contributed by atoms with van der Waals surface area (Å²) < 4.78 is 0. The lowest BCUT2D eigenvalue weighted by atomic mass is 9.96. The number of anilines is 1. The van der Waals surface area contributed by atoms with Gasteiger partial charge in [-0.3, -0.25) is 9.59 Å². The summed E-state index contributed by atoms with van der Waals surface area (Å²) in [6.07, 6.45) is 2.48. The van der Waals surface area contributed by atoms with Crippen molar-refractivity contribution in [3.63, 3.8) is 0 Å². The van der Waals surface area contributed by atoms with Gasteiger partial charge >= 0.3 is 0 Å². The number of hydrogen-bond donors (Lipinski definition) is 1. The maximum Gasteiger partial charge on any atom is 0.251 e. The predicted molar refractivity (Wildman–Crippen MR) is 114 cm³/mol. The zero-order chi connectivity index (χ0) is 20.3. The molecule has 0 aromatic heterocycles. The van der Waals surface area contributed by atoms with Crippen LogP contribution in [0.2, 0.25) is 5.02 Å². The van der Waals surface area contributed by atoms with Gasteiger partial charge in [0.2, 0.25) is 5.91 Å². The molecule has 28 heavy (non-hydrogen) atoms. The average Bonchev–Trinajstić information content (AvgIpc) is 2.66. The Morgan fingerprint density at radius 3 is 2.50 bits per heavy atom. The summed E-state index contributed by atoms with van der Waals surface area (Å²) in [7, 11) is 0. The summed E-state index contributed by atoms with van der Waals surface area (Å²) in [5.74, 6) is 0.406. The van der Waals surface area contributed by atoms with Gasteiger partial charge in [-0.15, -0.1) is 0 Å². The van der Waals surface area contributed by atoms with Crippen molar-refractivity contribution in [3.05, 3.63) is 64.2 Å². The van der Waals surface area contributed by atoms with E-state index in [0.717, 1.165) is 30.6 Å². The summed E-state index contributed by atoms with van der Waals surface area (Å²) >= 11 is 5.89. The quantitative estimate of drug-likeness (QED) is 0.756. The monoisotopic (exact) mass is 398 g/mol. The Labute approximate surface area is 171 Å². The third-order valence-corrected chi connectivity index (χ3v) is 5.31. The van der Waals surface area contributed by atoms with Gasteiger partial charge in [0, 0.05) is 29.2 Å². The Balaban J connectivity index is 1.74. The van der Waals surface area contributed by atoms with Crippen LogP contribution in [0, 0.1) is 5.92 Å². The Hall–Kier alpha value is -2.33. The molecule has 2 aromatic carbocycles. The van der Waals surface area contributed by atoms with Crippen LogP contribution >= 0.6 is 11.6 Å². The number of fused-ring (bicyclic) bond motifs is 1. The lowest BCUT2D eigenvalue weighted by Gasteiger charge is -2.31. The molecule has 4 nitrogen and oxygen atoms in total. The van der Waals surface area contributed by atoms with E-state index >= 15 is 0 Å². The van der Waals surface area contributed by atoms with Crippen molar-refractivity contribution in [2.75, 3.05) is 11.4 Å². The lowest BCUT2D eigenvalue weighted by Crippen LogP contribution is -2.36. The van der Waals surface area contributed by atoms with E-state index in [0.29, 0.717) is 22.9 Å². The first kappa shape index (κ1) is 20.4. The minimum atomic E-state index is -0.129. The van der Waals surface area contributed by atoms with Crippen molar-refractivity contribution in [3.8, 4) is 0 Å². The number of nitrogens with one attached hydrogen (secondary N) is 1. The highest BCUT2D eigenvalue weighted by molar-refractivity contribution is 6.30. The number of aryl methyl sites for hydroxylation is 1. The van der Waals surface area contributed by atoms with Crippen LogP contribution in [0.3, 0.4) is 0 Å². The minimum Gasteiger partial charge on any atom is -0.346 e. The largest absolute Gasteiger partial charge is 0.346 e. The topological polar surface area (TPSA) is 49.4 Å². The number of nitrogens with zero attached hydrogens (tertiary/aromatic N) is 1. The van der Waals surface area contributed by atoms with Crippen LogP contribution in [0.1, 0.15) is 61.1 Å². The van der Waals surface area contributed by atoms with E-state index in [1.54, 1.807) is 24.3 Å². The van der Waals surface area contributed by atoms with E-state index in [-0.39, 0.29) is 17.9 Å². The van der Waals surface area contributed by atoms with E-state index in [1.807, 2.05) is 24.0 Å². The van der Waals surface area contributed by atoms with Crippen LogP contribution < -0.4 is 10.2 Å². The van der Waals surface area contributed by atoms with Gasteiger partial charge in [0.25, 0.3) is 5.91 Å². The smallest absolute Gasteiger partial charge is 0.251 e. The summed E-state index contributed by atoms with van der Waals surface area (Å²) in [6, 6.07) is 12.9. The highest BCUT2D eigenvalue weighted by atomic mass is 35.5. The maximum atomic E-state index is 12.6. The van der Waals surface area contributed by atoms with E-state index in [4.69, 9.17) is 11.6 Å². The molecule has 0 spiro atoms. The third-order valence-electron chi connectivity index (χ3n) is 5.06. The molecule has 3 rings (SSSR count). The Bertz CT molecular complexity index is 861. The summed E-state index contributed by atoms with van der Waals surface area (Å²) in [4.78, 5) is 27.0. The molecule has 0 fully saturated rings. The number of carbonyl (C=O) groups excluding carboxylic acids is 2. The average molecular weight is 399 g/mol. The number of amides is 2. The molecule has 0 aliphatic carbocycles. The second-order valence-corrected chi connectivity index (χ2v) is 8.27. The van der Waals surface area contributed by atoms with Crippen LogP contribution in [0.4, 0.5) is 5.69 Å². The first-order valence-corrected chi connectivity index (χ1v) is 10.2. The van der Waals surface area contributed by atoms with Crippen LogP contribution in [-0.2, 0) is 11.2 Å². The molecule has 5 heteroatoms. The highest BCUT2D eigenvalue weighted by Gasteiger charge is 2.24. The molecule has 1 heterocycles. The van der Waals surface area contributed by atoms with Gasteiger partial charge < -0.3 is 10.2 Å². The SMILES string of the molecule is CC(C)CC(=O)N1CCCc2cc(C(C)NC(=O)c3ccc(Cl)cc3)ccc21. The third kappa shape index (κ3) is 4.74. The molecule has 0 saturated carbocycles. The summed E-state index contributed by atoms with van der Waals surface area (Å²) in [5.41, 5.74) is 3.81. The summed E-state index contributed by atoms with van der Waals surface area (Å²) in [6.45, 7) is 6.88. The van der Waals surface area contributed by atoms with Gasteiger partial charge in [-0.1, -0.05) is 37.6 Å². The zero-order valence-electron chi connectivity index (χ0n) is 16.7. The van der Waals surface area contributed by atoms with Crippen molar-refractivity contribution in [2.24, 2.45) is 5.92 Å². The van der Waals surface area contributed by atoms with Gasteiger partial charge in [-0.05, 0) is 67.1 Å². The van der Waals surface area contributed by atoms with Crippen molar-refractivity contribution >= 4 is 29.1 Å². The Morgan fingerprint density at radius 1 is 1.11 bits per heavy atom. The number of benzene rings is 2. The molecule has 0 radical (unpaired) electrons. The molecule has 2 aromatic rings. The van der Waals surface area contributed by atoms with E-state index in [9.17, 15) is 9.59 Å². The molecule has 1 aliphatic heterocycles. The number of rotatable bonds is 5. The van der Waals surface area contributed by atoms with E-state index in [2.05, 4.69) is 25.2 Å². The van der Waals surface area contributed by atoms with Gasteiger partial charge in [0.1, 0.15) is 0 Å². The first-order chi connectivity index (χ1) is 13.3. The van der Waals surface area contributed by atoms with Crippen LogP contribution in [0.5, 0.6) is 0 Å². The Morgan fingerprint density at radius 2 is 1.82 bits per heavy atom. The van der Waals surface area contributed by atoms with Gasteiger partial charge in [0.15, 0.2) is 0 Å². The standard InChI is InChI=1S/C23H27ClN2O2/c1-15(2)13-22(27)26-12-4-5-19-14-18(8-11-21(19)26)16(3)25-23(28)17-6-9-20(24)10-7-17/h6-11,14-16H,4-5,12-13H2,1-3H3,(H,25,28). The fourth-order valence-electron chi connectivity index (χ4n) is 3.57. The van der Waals surface area contributed by atoms with Crippen LogP contribution in [-0.4, -0.2) is 18.4 Å². The lowest BCUT2D eigenvalue weighted by molar-refractivity contribution is -0.119. The van der Waals surface area contributed by atoms with Crippen molar-refractivity contribution < 1.29 is 9.59 Å². The van der Waals surface area contributed by atoms with E-state index < -0.39 is 0 Å². The molecule has 0 bridgehead atoms. The van der Waals surface area contributed by atoms with Gasteiger partial charge in [-0.2, -0.15) is 0 Å². The van der Waals surface area contributed by atoms with E-state index in [1.165, 1.54) is 5.56 Å². The summed E-state index contributed by atoms with van der Waals surface area (Å²) in [5, 5.41) is 3.64. The molecule has 1 atom stereocenters. The number of halogens is 1. The molecular weight excluding hydrogens is 372 g/mol. The highest BCUT2D eigenvalue weighted by Crippen LogP contribution is 2.31. The number of hydrogen-bond acceptors (Lipinski definition) is 2. The normalized spacial score (nSPS) is 14.5. The second kappa shape index (κ2) is 8.78. The number of carbonyl (C=O) groups is 2. The molecule has 148 valence electrons. The molecular formula is C23H27ClN2O2. The zero-order valence-corrected chi connectivity index (χ0v) is 17.4. The first-order valence-electron chi connectivity index (χ1n) is 9.84. The molecule has 1 unspecified atom stereocenters. The van der Waals surface area contributed by atoms with Gasteiger partial charge in [-0.25, -0.2) is 0 Å².